The molecular weight excluding hydrogens is 287 g/mol. The smallest absolute Gasteiger partial charge is 0.156 e. The van der Waals surface area contributed by atoms with Gasteiger partial charge in [0, 0.05) is 18.2 Å². The summed E-state index contributed by atoms with van der Waals surface area (Å²) in [6.45, 7) is 0. The predicted molar refractivity (Wildman–Crippen MR) is 76.1 cm³/mol. The van der Waals surface area contributed by atoms with Crippen molar-refractivity contribution in [2.75, 3.05) is 14.2 Å². The molecule has 0 radical (unpaired) electrons. The second kappa shape index (κ2) is 6.04. The van der Waals surface area contributed by atoms with Gasteiger partial charge in [-0.05, 0) is 12.1 Å². The molecule has 0 heterocycles. The van der Waals surface area contributed by atoms with Crippen LogP contribution < -0.4 is 14.2 Å². The Balaban J connectivity index is 2.28. The molecule has 0 saturated heterocycles. The van der Waals surface area contributed by atoms with Gasteiger partial charge in [-0.3, -0.25) is 0 Å². The number of rotatable bonds is 4. The molecule has 0 aliphatic rings. The molecule has 100 valence electrons. The lowest BCUT2D eigenvalue weighted by Crippen LogP contribution is -1.89. The van der Waals surface area contributed by atoms with E-state index >= 15 is 0 Å². The Kier molecular flexibility index (Phi) is 4.40. The van der Waals surface area contributed by atoms with Crippen LogP contribution in [0.4, 0.5) is 0 Å². The maximum Gasteiger partial charge on any atom is 0.156 e. The Morgan fingerprint density at radius 2 is 1.42 bits per heavy atom. The van der Waals surface area contributed by atoms with E-state index in [-0.39, 0.29) is 0 Å². The molecule has 3 nitrogen and oxygen atoms in total. The standard InChI is InChI=1S/C14H12Cl2O3/c1-17-9-4-3-5-10(6-9)19-11-7-12(15)14(18-2)13(16)8-11/h3-8H,1-2H3. The lowest BCUT2D eigenvalue weighted by molar-refractivity contribution is 0.407. The van der Waals surface area contributed by atoms with Crippen LogP contribution in [0.2, 0.25) is 10.0 Å². The van der Waals surface area contributed by atoms with Gasteiger partial charge in [-0.1, -0.05) is 29.3 Å². The van der Waals surface area contributed by atoms with Crippen LogP contribution in [0.5, 0.6) is 23.0 Å². The molecule has 0 N–H and O–H groups in total. The minimum atomic E-state index is 0.396. The topological polar surface area (TPSA) is 27.7 Å². The molecule has 0 fully saturated rings. The molecule has 0 aliphatic carbocycles. The molecule has 19 heavy (non-hydrogen) atoms. The summed E-state index contributed by atoms with van der Waals surface area (Å²) in [6.07, 6.45) is 0. The van der Waals surface area contributed by atoms with Gasteiger partial charge in [0.15, 0.2) is 5.75 Å². The van der Waals surface area contributed by atoms with Gasteiger partial charge >= 0.3 is 0 Å². The van der Waals surface area contributed by atoms with Crippen LogP contribution >= 0.6 is 23.2 Å². The zero-order valence-electron chi connectivity index (χ0n) is 10.4. The van der Waals surface area contributed by atoms with Crippen molar-refractivity contribution in [3.8, 4) is 23.0 Å². The van der Waals surface area contributed by atoms with E-state index in [9.17, 15) is 0 Å². The third-order valence-electron chi connectivity index (χ3n) is 2.45. The van der Waals surface area contributed by atoms with Crippen LogP contribution in [0.1, 0.15) is 0 Å². The predicted octanol–water partition coefficient (Wildman–Crippen LogP) is 4.80. The highest BCUT2D eigenvalue weighted by Crippen LogP contribution is 2.38. The van der Waals surface area contributed by atoms with Crippen molar-refractivity contribution in [1.29, 1.82) is 0 Å². The second-order valence-electron chi connectivity index (χ2n) is 3.70. The summed E-state index contributed by atoms with van der Waals surface area (Å²) in [5.74, 6) is 2.31. The fourth-order valence-corrected chi connectivity index (χ4v) is 2.21. The van der Waals surface area contributed by atoms with E-state index in [1.54, 1.807) is 25.3 Å². The van der Waals surface area contributed by atoms with Crippen molar-refractivity contribution in [3.63, 3.8) is 0 Å². The number of halogens is 2. The van der Waals surface area contributed by atoms with Gasteiger partial charge in [0.25, 0.3) is 0 Å². The highest BCUT2D eigenvalue weighted by Gasteiger charge is 2.10. The summed E-state index contributed by atoms with van der Waals surface area (Å²) in [6, 6.07) is 10.5. The van der Waals surface area contributed by atoms with E-state index < -0.39 is 0 Å². The van der Waals surface area contributed by atoms with Crippen LogP contribution in [0.25, 0.3) is 0 Å². The number of ether oxygens (including phenoxy) is 3. The molecule has 0 spiro atoms. The van der Waals surface area contributed by atoms with Gasteiger partial charge < -0.3 is 14.2 Å². The summed E-state index contributed by atoms with van der Waals surface area (Å²) in [7, 11) is 3.11. The monoisotopic (exact) mass is 298 g/mol. The Morgan fingerprint density at radius 1 is 0.789 bits per heavy atom. The summed E-state index contributed by atoms with van der Waals surface area (Å²) in [4.78, 5) is 0. The first-order chi connectivity index (χ1) is 9.13. The first kappa shape index (κ1) is 13.8. The first-order valence-electron chi connectivity index (χ1n) is 5.49. The molecule has 0 aliphatic heterocycles. The van der Waals surface area contributed by atoms with Crippen molar-refractivity contribution >= 4 is 23.2 Å². The van der Waals surface area contributed by atoms with Crippen LogP contribution in [0.3, 0.4) is 0 Å². The average Bonchev–Trinajstić information content (AvgIpc) is 2.38. The summed E-state index contributed by atoms with van der Waals surface area (Å²) in [5, 5.41) is 0.792. The summed E-state index contributed by atoms with van der Waals surface area (Å²) in [5.41, 5.74) is 0. The second-order valence-corrected chi connectivity index (χ2v) is 4.52. The summed E-state index contributed by atoms with van der Waals surface area (Å²) >= 11 is 12.1. The van der Waals surface area contributed by atoms with Crippen molar-refractivity contribution in [2.24, 2.45) is 0 Å². The fourth-order valence-electron chi connectivity index (χ4n) is 1.59. The average molecular weight is 299 g/mol. The Morgan fingerprint density at radius 3 is 2.00 bits per heavy atom. The largest absolute Gasteiger partial charge is 0.497 e. The molecule has 0 aromatic heterocycles. The zero-order valence-corrected chi connectivity index (χ0v) is 12.0. The molecule has 0 unspecified atom stereocenters. The van der Waals surface area contributed by atoms with Crippen molar-refractivity contribution in [1.82, 2.24) is 0 Å². The Labute approximate surface area is 121 Å². The third-order valence-corrected chi connectivity index (χ3v) is 3.01. The van der Waals surface area contributed by atoms with Crippen molar-refractivity contribution < 1.29 is 14.2 Å². The molecule has 0 amide bonds. The molecule has 0 bridgehead atoms. The number of hydrogen-bond donors (Lipinski definition) is 0. The van der Waals surface area contributed by atoms with Crippen LogP contribution in [-0.4, -0.2) is 14.2 Å². The van der Waals surface area contributed by atoms with Gasteiger partial charge in [0.05, 0.1) is 24.3 Å². The highest BCUT2D eigenvalue weighted by molar-refractivity contribution is 6.37. The van der Waals surface area contributed by atoms with E-state index in [1.165, 1.54) is 7.11 Å². The van der Waals surface area contributed by atoms with Gasteiger partial charge in [-0.15, -0.1) is 0 Å². The summed E-state index contributed by atoms with van der Waals surface area (Å²) < 4.78 is 15.9. The molecule has 2 rings (SSSR count). The quantitative estimate of drug-likeness (QED) is 0.811. The minimum absolute atomic E-state index is 0.396. The fraction of sp³-hybridized carbons (Fsp3) is 0.143. The zero-order chi connectivity index (χ0) is 13.8. The van der Waals surface area contributed by atoms with Gasteiger partial charge in [-0.25, -0.2) is 0 Å². The van der Waals surface area contributed by atoms with Gasteiger partial charge in [0.2, 0.25) is 0 Å². The lowest BCUT2D eigenvalue weighted by atomic mass is 10.3. The highest BCUT2D eigenvalue weighted by atomic mass is 35.5. The maximum absolute atomic E-state index is 6.05. The Bertz CT molecular complexity index is 562. The van der Waals surface area contributed by atoms with Gasteiger partial charge in [-0.2, -0.15) is 0 Å². The SMILES string of the molecule is COc1cccc(Oc2cc(Cl)c(OC)c(Cl)c2)c1. The third kappa shape index (κ3) is 3.25. The van der Waals surface area contributed by atoms with E-state index in [0.717, 1.165) is 0 Å². The van der Waals surface area contributed by atoms with Crippen molar-refractivity contribution in [3.05, 3.63) is 46.4 Å². The number of methoxy groups -OCH3 is 2. The van der Waals surface area contributed by atoms with E-state index in [0.29, 0.717) is 33.0 Å². The lowest BCUT2D eigenvalue weighted by Gasteiger charge is -2.10. The minimum Gasteiger partial charge on any atom is -0.497 e. The molecule has 5 heteroatoms. The van der Waals surface area contributed by atoms with Crippen LogP contribution in [0, 0.1) is 0 Å². The molecule has 0 atom stereocenters. The molecule has 2 aromatic rings. The maximum atomic E-state index is 6.05. The molecule has 0 saturated carbocycles. The van der Waals surface area contributed by atoms with E-state index in [2.05, 4.69) is 0 Å². The Hall–Kier alpha value is -1.58. The molecular formula is C14H12Cl2O3. The normalized spacial score (nSPS) is 10.1. The number of hydrogen-bond acceptors (Lipinski definition) is 3. The first-order valence-corrected chi connectivity index (χ1v) is 6.24. The number of benzene rings is 2. The van der Waals surface area contributed by atoms with Crippen molar-refractivity contribution in [2.45, 2.75) is 0 Å². The van der Waals surface area contributed by atoms with Gasteiger partial charge in [0.1, 0.15) is 17.2 Å². The van der Waals surface area contributed by atoms with E-state index in [4.69, 9.17) is 37.4 Å². The van der Waals surface area contributed by atoms with Crippen LogP contribution in [-0.2, 0) is 0 Å². The van der Waals surface area contributed by atoms with E-state index in [1.807, 2.05) is 18.2 Å². The molecule has 2 aromatic carbocycles. The van der Waals surface area contributed by atoms with Crippen LogP contribution in [0.15, 0.2) is 36.4 Å².